The molecule has 1 aliphatic rings. The molecule has 3 aromatic rings. The van der Waals surface area contributed by atoms with E-state index in [1.807, 2.05) is 60.7 Å². The molecule has 0 unspecified atom stereocenters. The van der Waals surface area contributed by atoms with Crippen LogP contribution in [0.25, 0.3) is 11.1 Å². The first-order chi connectivity index (χ1) is 15.5. The topological polar surface area (TPSA) is 81.5 Å². The Morgan fingerprint density at radius 1 is 0.812 bits per heavy atom. The van der Waals surface area contributed by atoms with Gasteiger partial charge in [-0.2, -0.15) is 9.57 Å². The van der Waals surface area contributed by atoms with Gasteiger partial charge in [-0.1, -0.05) is 66.7 Å². The summed E-state index contributed by atoms with van der Waals surface area (Å²) >= 11 is 0. The molecular weight excluding hydrogens is 422 g/mol. The van der Waals surface area contributed by atoms with Crippen molar-refractivity contribution in [3.05, 3.63) is 90.0 Å². The highest BCUT2D eigenvalue weighted by Gasteiger charge is 2.31. The average Bonchev–Trinajstić information content (AvgIpc) is 2.85. The molecule has 4 rings (SSSR count). The van der Waals surface area contributed by atoms with Gasteiger partial charge in [-0.15, -0.1) is 0 Å². The molecule has 1 aliphatic heterocycles. The summed E-state index contributed by atoms with van der Waals surface area (Å²) in [5.41, 5.74) is 3.27. The predicted molar refractivity (Wildman–Crippen MR) is 122 cm³/mol. The Morgan fingerprint density at radius 3 is 2.06 bits per heavy atom. The fourth-order valence-corrected chi connectivity index (χ4v) is 5.40. The summed E-state index contributed by atoms with van der Waals surface area (Å²) in [4.78, 5) is 14.5. The Bertz CT molecular complexity index is 1240. The number of hydrogen-bond donors (Lipinski definition) is 0. The highest BCUT2D eigenvalue weighted by molar-refractivity contribution is 7.89. The van der Waals surface area contributed by atoms with Crippen LogP contribution in [0.5, 0.6) is 0 Å². The number of carbonyl (C=O) groups is 1. The minimum Gasteiger partial charge on any atom is -0.340 e. The molecule has 1 saturated heterocycles. The van der Waals surface area contributed by atoms with Crippen LogP contribution in [0.4, 0.5) is 0 Å². The molecule has 1 heterocycles. The first kappa shape index (κ1) is 21.8. The van der Waals surface area contributed by atoms with Crippen LogP contribution < -0.4 is 0 Å². The SMILES string of the molecule is N#Cc1ccccc1S(=O)(=O)N1CCN(C(=O)Cc2ccc(-c3ccccc3)cc2)CC1. The van der Waals surface area contributed by atoms with Crippen molar-refractivity contribution in [1.29, 1.82) is 5.26 Å². The van der Waals surface area contributed by atoms with Gasteiger partial charge in [0.1, 0.15) is 6.07 Å². The van der Waals surface area contributed by atoms with Crippen molar-refractivity contribution in [2.45, 2.75) is 11.3 Å². The van der Waals surface area contributed by atoms with Crippen molar-refractivity contribution in [2.24, 2.45) is 0 Å². The minimum absolute atomic E-state index is 0.0146. The van der Waals surface area contributed by atoms with Gasteiger partial charge in [0.25, 0.3) is 0 Å². The van der Waals surface area contributed by atoms with Crippen LogP contribution in [0.15, 0.2) is 83.8 Å². The number of benzene rings is 3. The zero-order valence-electron chi connectivity index (χ0n) is 17.5. The zero-order valence-corrected chi connectivity index (χ0v) is 18.3. The van der Waals surface area contributed by atoms with Crippen LogP contribution in [0.2, 0.25) is 0 Å². The smallest absolute Gasteiger partial charge is 0.244 e. The number of carbonyl (C=O) groups excluding carboxylic acids is 1. The van der Waals surface area contributed by atoms with Gasteiger partial charge in [0.05, 0.1) is 16.9 Å². The maximum atomic E-state index is 13.0. The predicted octanol–water partition coefficient (Wildman–Crippen LogP) is 3.30. The van der Waals surface area contributed by atoms with Crippen molar-refractivity contribution >= 4 is 15.9 Å². The molecule has 6 nitrogen and oxygen atoms in total. The van der Waals surface area contributed by atoms with Gasteiger partial charge >= 0.3 is 0 Å². The summed E-state index contributed by atoms with van der Waals surface area (Å²) in [6.07, 6.45) is 0.277. The van der Waals surface area contributed by atoms with E-state index in [9.17, 15) is 18.5 Å². The second-order valence-electron chi connectivity index (χ2n) is 7.63. The molecule has 0 atom stereocenters. The van der Waals surface area contributed by atoms with Crippen LogP contribution in [-0.4, -0.2) is 49.7 Å². The lowest BCUT2D eigenvalue weighted by atomic mass is 10.0. The van der Waals surface area contributed by atoms with E-state index in [1.54, 1.807) is 17.0 Å². The van der Waals surface area contributed by atoms with E-state index in [1.165, 1.54) is 16.4 Å². The van der Waals surface area contributed by atoms with Crippen LogP contribution in [0.1, 0.15) is 11.1 Å². The molecule has 0 saturated carbocycles. The lowest BCUT2D eigenvalue weighted by Gasteiger charge is -2.34. The Labute approximate surface area is 188 Å². The van der Waals surface area contributed by atoms with E-state index in [-0.39, 0.29) is 35.9 Å². The summed E-state index contributed by atoms with van der Waals surface area (Å²) in [6, 6.07) is 26.1. The molecule has 0 radical (unpaired) electrons. The van der Waals surface area contributed by atoms with Crippen LogP contribution in [-0.2, 0) is 21.2 Å². The van der Waals surface area contributed by atoms with Gasteiger partial charge in [-0.3, -0.25) is 4.79 Å². The number of amides is 1. The number of piperazine rings is 1. The van der Waals surface area contributed by atoms with Crippen molar-refractivity contribution in [3.8, 4) is 17.2 Å². The highest BCUT2D eigenvalue weighted by Crippen LogP contribution is 2.22. The quantitative estimate of drug-likeness (QED) is 0.603. The van der Waals surface area contributed by atoms with Gasteiger partial charge in [-0.05, 0) is 28.8 Å². The third-order valence-electron chi connectivity index (χ3n) is 5.63. The molecule has 7 heteroatoms. The summed E-state index contributed by atoms with van der Waals surface area (Å²) in [7, 11) is -3.77. The molecule has 3 aromatic carbocycles. The number of nitrogens with zero attached hydrogens (tertiary/aromatic N) is 3. The summed E-state index contributed by atoms with van der Waals surface area (Å²) in [5, 5.41) is 9.23. The summed E-state index contributed by atoms with van der Waals surface area (Å²) < 4.78 is 27.3. The third kappa shape index (κ3) is 4.57. The maximum absolute atomic E-state index is 13.0. The number of hydrogen-bond acceptors (Lipinski definition) is 4. The standard InChI is InChI=1S/C25H23N3O3S/c26-19-23-8-4-5-9-24(23)32(30,31)28-16-14-27(15-17-28)25(29)18-20-10-12-22(13-11-20)21-6-2-1-3-7-21/h1-13H,14-18H2. The van der Waals surface area contributed by atoms with Crippen LogP contribution in [0, 0.1) is 11.3 Å². The molecule has 0 aliphatic carbocycles. The fraction of sp³-hybridized carbons (Fsp3) is 0.200. The van der Waals surface area contributed by atoms with Crippen molar-refractivity contribution in [2.75, 3.05) is 26.2 Å². The average molecular weight is 446 g/mol. The summed E-state index contributed by atoms with van der Waals surface area (Å²) in [6.45, 7) is 1.07. The molecule has 0 aromatic heterocycles. The largest absolute Gasteiger partial charge is 0.340 e. The van der Waals surface area contributed by atoms with Gasteiger partial charge in [0.2, 0.25) is 15.9 Å². The lowest BCUT2D eigenvalue weighted by molar-refractivity contribution is -0.131. The van der Waals surface area contributed by atoms with Crippen LogP contribution >= 0.6 is 0 Å². The molecule has 1 fully saturated rings. The van der Waals surface area contributed by atoms with Crippen molar-refractivity contribution in [3.63, 3.8) is 0 Å². The van der Waals surface area contributed by atoms with Crippen molar-refractivity contribution in [1.82, 2.24) is 9.21 Å². The molecule has 0 spiro atoms. The van der Waals surface area contributed by atoms with E-state index in [4.69, 9.17) is 0 Å². The van der Waals surface area contributed by atoms with Crippen LogP contribution in [0.3, 0.4) is 0 Å². The summed E-state index contributed by atoms with van der Waals surface area (Å²) in [5.74, 6) is -0.0214. The van der Waals surface area contributed by atoms with E-state index in [2.05, 4.69) is 0 Å². The van der Waals surface area contributed by atoms with Gasteiger partial charge in [0.15, 0.2) is 0 Å². The van der Waals surface area contributed by atoms with Crippen molar-refractivity contribution < 1.29 is 13.2 Å². The fourth-order valence-electron chi connectivity index (χ4n) is 3.83. The Morgan fingerprint density at radius 2 is 1.41 bits per heavy atom. The number of rotatable bonds is 5. The molecule has 32 heavy (non-hydrogen) atoms. The molecule has 0 N–H and O–H groups in total. The Balaban J connectivity index is 1.37. The minimum atomic E-state index is -3.77. The molecule has 1 amide bonds. The lowest BCUT2D eigenvalue weighted by Crippen LogP contribution is -2.50. The normalized spacial score (nSPS) is 14.7. The maximum Gasteiger partial charge on any atom is 0.244 e. The Kier molecular flexibility index (Phi) is 6.35. The van der Waals surface area contributed by atoms with E-state index >= 15 is 0 Å². The second kappa shape index (κ2) is 9.35. The van der Waals surface area contributed by atoms with E-state index in [0.29, 0.717) is 13.1 Å². The third-order valence-corrected chi connectivity index (χ3v) is 7.59. The van der Waals surface area contributed by atoms with Gasteiger partial charge < -0.3 is 4.90 Å². The molecule has 162 valence electrons. The van der Waals surface area contributed by atoms with E-state index < -0.39 is 10.0 Å². The second-order valence-corrected chi connectivity index (χ2v) is 9.54. The first-order valence-electron chi connectivity index (χ1n) is 10.4. The number of sulfonamides is 1. The van der Waals surface area contributed by atoms with E-state index in [0.717, 1.165) is 16.7 Å². The zero-order chi connectivity index (χ0) is 22.6. The Hall–Kier alpha value is -3.47. The molecule has 0 bridgehead atoms. The molecular formula is C25H23N3O3S. The first-order valence-corrected chi connectivity index (χ1v) is 11.8. The number of nitriles is 1. The monoisotopic (exact) mass is 445 g/mol. The highest BCUT2D eigenvalue weighted by atomic mass is 32.2. The van der Waals surface area contributed by atoms with Gasteiger partial charge in [0, 0.05) is 26.2 Å². The van der Waals surface area contributed by atoms with Gasteiger partial charge in [-0.25, -0.2) is 8.42 Å².